The zero-order valence-electron chi connectivity index (χ0n) is 13.5. The summed E-state index contributed by atoms with van der Waals surface area (Å²) in [7, 11) is 1.32. The lowest BCUT2D eigenvalue weighted by molar-refractivity contribution is -0.140. The SMILES string of the molecule is COC(=O)CCNC(=O)CCCCCNC(=O)c1ccccc1. The van der Waals surface area contributed by atoms with Crippen LogP contribution >= 0.6 is 0 Å². The molecule has 0 aliphatic rings. The average Bonchev–Trinajstić information content (AvgIpc) is 2.58. The Balaban J connectivity index is 2.00. The Kier molecular flexibility index (Phi) is 9.12. The van der Waals surface area contributed by atoms with Crippen LogP contribution in [-0.4, -0.2) is 38.0 Å². The van der Waals surface area contributed by atoms with Crippen molar-refractivity contribution in [2.45, 2.75) is 32.1 Å². The van der Waals surface area contributed by atoms with Gasteiger partial charge in [-0.25, -0.2) is 0 Å². The van der Waals surface area contributed by atoms with Crippen LogP contribution in [0.2, 0.25) is 0 Å². The highest BCUT2D eigenvalue weighted by atomic mass is 16.5. The van der Waals surface area contributed by atoms with E-state index in [4.69, 9.17) is 0 Å². The third kappa shape index (κ3) is 8.60. The van der Waals surface area contributed by atoms with Crippen LogP contribution in [0.15, 0.2) is 30.3 Å². The molecule has 1 rings (SSSR count). The van der Waals surface area contributed by atoms with Crippen molar-refractivity contribution in [2.75, 3.05) is 20.2 Å². The number of unbranched alkanes of at least 4 members (excludes halogenated alkanes) is 2. The van der Waals surface area contributed by atoms with Crippen molar-refractivity contribution in [1.29, 1.82) is 0 Å². The number of carbonyl (C=O) groups is 3. The first-order chi connectivity index (χ1) is 11.1. The largest absolute Gasteiger partial charge is 0.469 e. The Bertz CT molecular complexity index is 503. The zero-order valence-corrected chi connectivity index (χ0v) is 13.5. The number of hydrogen-bond acceptors (Lipinski definition) is 4. The van der Waals surface area contributed by atoms with Gasteiger partial charge in [-0.3, -0.25) is 14.4 Å². The summed E-state index contributed by atoms with van der Waals surface area (Å²) in [5.41, 5.74) is 0.650. The fourth-order valence-electron chi connectivity index (χ4n) is 1.98. The zero-order chi connectivity index (χ0) is 16.9. The van der Waals surface area contributed by atoms with E-state index < -0.39 is 0 Å². The molecule has 2 amide bonds. The van der Waals surface area contributed by atoms with Gasteiger partial charge in [-0.2, -0.15) is 0 Å². The fourth-order valence-corrected chi connectivity index (χ4v) is 1.98. The fraction of sp³-hybridized carbons (Fsp3) is 0.471. The number of benzene rings is 1. The van der Waals surface area contributed by atoms with Crippen molar-refractivity contribution in [3.8, 4) is 0 Å². The van der Waals surface area contributed by atoms with Gasteiger partial charge in [0.15, 0.2) is 0 Å². The van der Waals surface area contributed by atoms with E-state index in [1.165, 1.54) is 7.11 Å². The number of esters is 1. The van der Waals surface area contributed by atoms with E-state index in [0.717, 1.165) is 19.3 Å². The van der Waals surface area contributed by atoms with Crippen LogP contribution in [0.3, 0.4) is 0 Å². The second-order valence-electron chi connectivity index (χ2n) is 5.11. The lowest BCUT2D eigenvalue weighted by atomic mass is 10.1. The molecule has 1 aromatic rings. The van der Waals surface area contributed by atoms with Crippen LogP contribution in [0.1, 0.15) is 42.5 Å². The predicted octanol–water partition coefficient (Wildman–Crippen LogP) is 1.66. The Morgan fingerprint density at radius 1 is 0.913 bits per heavy atom. The first-order valence-electron chi connectivity index (χ1n) is 7.80. The van der Waals surface area contributed by atoms with Crippen molar-refractivity contribution in [2.24, 2.45) is 0 Å². The Morgan fingerprint density at radius 2 is 1.65 bits per heavy atom. The minimum Gasteiger partial charge on any atom is -0.469 e. The second kappa shape index (κ2) is 11.2. The molecule has 0 unspecified atom stereocenters. The number of amides is 2. The molecule has 0 atom stereocenters. The molecule has 0 fully saturated rings. The molecule has 126 valence electrons. The predicted molar refractivity (Wildman–Crippen MR) is 86.9 cm³/mol. The van der Waals surface area contributed by atoms with Gasteiger partial charge in [-0.1, -0.05) is 24.6 Å². The molecule has 0 aliphatic carbocycles. The van der Waals surface area contributed by atoms with Crippen LogP contribution in [0.5, 0.6) is 0 Å². The summed E-state index contributed by atoms with van der Waals surface area (Å²) < 4.78 is 4.48. The molecule has 23 heavy (non-hydrogen) atoms. The van der Waals surface area contributed by atoms with Gasteiger partial charge in [0.25, 0.3) is 5.91 Å². The molecule has 0 spiro atoms. The molecule has 1 aromatic carbocycles. The molecule has 0 bridgehead atoms. The first-order valence-corrected chi connectivity index (χ1v) is 7.80. The van der Waals surface area contributed by atoms with E-state index in [0.29, 0.717) is 25.1 Å². The van der Waals surface area contributed by atoms with Crippen molar-refractivity contribution in [3.63, 3.8) is 0 Å². The van der Waals surface area contributed by atoms with Gasteiger partial charge in [0.05, 0.1) is 13.5 Å². The summed E-state index contributed by atoms with van der Waals surface area (Å²) in [5.74, 6) is -0.479. The lowest BCUT2D eigenvalue weighted by Crippen LogP contribution is -2.26. The van der Waals surface area contributed by atoms with Crippen LogP contribution in [0, 0.1) is 0 Å². The molecule has 6 heteroatoms. The Hall–Kier alpha value is -2.37. The third-order valence-electron chi connectivity index (χ3n) is 3.28. The van der Waals surface area contributed by atoms with Crippen molar-refractivity contribution in [3.05, 3.63) is 35.9 Å². The summed E-state index contributed by atoms with van der Waals surface area (Å²) in [6.45, 7) is 0.899. The number of rotatable bonds is 10. The van der Waals surface area contributed by atoms with Gasteiger partial charge >= 0.3 is 5.97 Å². The van der Waals surface area contributed by atoms with Crippen molar-refractivity contribution >= 4 is 17.8 Å². The molecule has 0 radical (unpaired) electrons. The van der Waals surface area contributed by atoms with Crippen molar-refractivity contribution < 1.29 is 19.1 Å². The van der Waals surface area contributed by atoms with E-state index in [-0.39, 0.29) is 24.2 Å². The molecular formula is C17H24N2O4. The quantitative estimate of drug-likeness (QED) is 0.507. The second-order valence-corrected chi connectivity index (χ2v) is 5.11. The van der Waals surface area contributed by atoms with Crippen molar-refractivity contribution in [1.82, 2.24) is 10.6 Å². The summed E-state index contributed by atoms with van der Waals surface area (Å²) in [6.07, 6.45) is 3.06. The van der Waals surface area contributed by atoms with Crippen LogP contribution in [-0.2, 0) is 14.3 Å². The van der Waals surface area contributed by atoms with Crippen LogP contribution < -0.4 is 10.6 Å². The third-order valence-corrected chi connectivity index (χ3v) is 3.28. The number of hydrogen-bond donors (Lipinski definition) is 2. The molecule has 0 saturated heterocycles. The van der Waals surface area contributed by atoms with Gasteiger partial charge in [-0.15, -0.1) is 0 Å². The maximum Gasteiger partial charge on any atom is 0.307 e. The molecule has 0 saturated carbocycles. The summed E-state index contributed by atoms with van der Waals surface area (Å²) >= 11 is 0. The van der Waals surface area contributed by atoms with Crippen LogP contribution in [0.4, 0.5) is 0 Å². The number of methoxy groups -OCH3 is 1. The highest BCUT2D eigenvalue weighted by molar-refractivity contribution is 5.94. The Morgan fingerprint density at radius 3 is 2.35 bits per heavy atom. The summed E-state index contributed by atoms with van der Waals surface area (Å²) in [6, 6.07) is 9.07. The van der Waals surface area contributed by atoms with E-state index >= 15 is 0 Å². The van der Waals surface area contributed by atoms with Gasteiger partial charge in [0.2, 0.25) is 5.91 Å². The highest BCUT2D eigenvalue weighted by Gasteiger charge is 2.05. The lowest BCUT2D eigenvalue weighted by Gasteiger charge is -2.06. The standard InChI is InChI=1S/C17H24N2O4/c1-23-16(21)11-13-18-15(20)10-6-3-7-12-19-17(22)14-8-4-2-5-9-14/h2,4-5,8-9H,3,6-7,10-13H2,1H3,(H,18,20)(H,19,22). The van der Waals surface area contributed by atoms with Crippen LogP contribution in [0.25, 0.3) is 0 Å². The monoisotopic (exact) mass is 320 g/mol. The molecule has 6 nitrogen and oxygen atoms in total. The number of carbonyl (C=O) groups excluding carboxylic acids is 3. The molecular weight excluding hydrogens is 296 g/mol. The smallest absolute Gasteiger partial charge is 0.307 e. The van der Waals surface area contributed by atoms with E-state index in [9.17, 15) is 14.4 Å². The van der Waals surface area contributed by atoms with E-state index in [1.54, 1.807) is 12.1 Å². The van der Waals surface area contributed by atoms with E-state index in [1.807, 2.05) is 18.2 Å². The maximum absolute atomic E-state index is 11.8. The normalized spacial score (nSPS) is 9.96. The maximum atomic E-state index is 11.8. The average molecular weight is 320 g/mol. The minimum absolute atomic E-state index is 0.0674. The summed E-state index contributed by atoms with van der Waals surface area (Å²) in [4.78, 5) is 34.2. The topological polar surface area (TPSA) is 84.5 Å². The summed E-state index contributed by atoms with van der Waals surface area (Å²) in [5, 5.41) is 5.52. The van der Waals surface area contributed by atoms with Gasteiger partial charge in [0, 0.05) is 25.1 Å². The van der Waals surface area contributed by atoms with Gasteiger partial charge in [-0.05, 0) is 25.0 Å². The molecule has 0 heterocycles. The highest BCUT2D eigenvalue weighted by Crippen LogP contribution is 2.01. The number of nitrogens with one attached hydrogen (secondary N) is 2. The van der Waals surface area contributed by atoms with E-state index in [2.05, 4.69) is 15.4 Å². The Labute approximate surface area is 136 Å². The first kappa shape index (κ1) is 18.7. The van der Waals surface area contributed by atoms with Gasteiger partial charge < -0.3 is 15.4 Å². The van der Waals surface area contributed by atoms with Gasteiger partial charge in [0.1, 0.15) is 0 Å². The molecule has 0 aromatic heterocycles. The molecule has 2 N–H and O–H groups in total. The molecule has 0 aliphatic heterocycles. The number of ether oxygens (including phenoxy) is 1. The minimum atomic E-state index is -0.334.